The number of hydrogen-bond acceptors (Lipinski definition) is 7. The minimum absolute atomic E-state index is 0.241. The van der Waals surface area contributed by atoms with Crippen molar-refractivity contribution in [1.29, 1.82) is 0 Å². The molecule has 0 aliphatic carbocycles. The average Bonchev–Trinajstić information content (AvgIpc) is 3.07. The summed E-state index contributed by atoms with van der Waals surface area (Å²) < 4.78 is 0. The van der Waals surface area contributed by atoms with E-state index in [9.17, 15) is 4.79 Å². The zero-order chi connectivity index (χ0) is 19.2. The molecule has 3 rings (SSSR count). The predicted octanol–water partition coefficient (Wildman–Crippen LogP) is 3.88. The fraction of sp³-hybridized carbons (Fsp3) is 0.316. The number of Topliss-reactive ketones (excluding diaryl/α,β-unsaturated/α-hetero) is 1. The van der Waals surface area contributed by atoms with Crippen LogP contribution in [0.4, 0.5) is 11.8 Å². The normalized spacial score (nSPS) is 10.8. The molecule has 0 spiro atoms. The van der Waals surface area contributed by atoms with Gasteiger partial charge in [-0.15, -0.1) is 0 Å². The van der Waals surface area contributed by atoms with Crippen LogP contribution in [-0.2, 0) is 17.6 Å². The summed E-state index contributed by atoms with van der Waals surface area (Å²) in [5, 5.41) is 10.8. The van der Waals surface area contributed by atoms with Crippen LogP contribution in [0.2, 0.25) is 0 Å². The van der Waals surface area contributed by atoms with Gasteiger partial charge in [0.25, 0.3) is 0 Å². The van der Waals surface area contributed by atoms with E-state index in [0.717, 1.165) is 16.2 Å². The maximum Gasteiger partial charge on any atom is 0.232 e. The first-order chi connectivity index (χ1) is 13.1. The largest absolute Gasteiger partial charge is 0.307 e. The summed E-state index contributed by atoms with van der Waals surface area (Å²) in [7, 11) is 0. The molecule has 0 amide bonds. The summed E-state index contributed by atoms with van der Waals surface area (Å²) in [5.41, 5.74) is 1.98. The number of rotatable bonds is 8. The van der Waals surface area contributed by atoms with Gasteiger partial charge in [-0.3, -0.25) is 9.89 Å². The highest BCUT2D eigenvalue weighted by molar-refractivity contribution is 7.99. The number of carbonyl (C=O) groups excluding carboxylic acids is 1. The van der Waals surface area contributed by atoms with E-state index in [1.807, 2.05) is 51.1 Å². The number of hydrogen-bond donors (Lipinski definition) is 2. The second-order valence-electron chi connectivity index (χ2n) is 6.09. The molecule has 0 fully saturated rings. The second kappa shape index (κ2) is 8.77. The number of aromatic nitrogens is 5. The third-order valence-corrected chi connectivity index (χ3v) is 4.72. The number of aromatic amines is 1. The van der Waals surface area contributed by atoms with E-state index in [4.69, 9.17) is 0 Å². The molecule has 0 saturated heterocycles. The van der Waals surface area contributed by atoms with Crippen LogP contribution in [0.3, 0.4) is 0 Å². The van der Waals surface area contributed by atoms with Crippen molar-refractivity contribution in [2.75, 3.05) is 5.32 Å². The molecule has 2 N–H and O–H groups in total. The van der Waals surface area contributed by atoms with Gasteiger partial charge >= 0.3 is 0 Å². The van der Waals surface area contributed by atoms with E-state index in [0.29, 0.717) is 42.0 Å². The highest BCUT2D eigenvalue weighted by Crippen LogP contribution is 2.26. The van der Waals surface area contributed by atoms with Crippen LogP contribution in [0.1, 0.15) is 37.4 Å². The molecule has 0 aliphatic rings. The third kappa shape index (κ3) is 5.37. The Morgan fingerprint density at radius 2 is 1.93 bits per heavy atom. The number of nitrogens with one attached hydrogen (secondary N) is 2. The molecule has 0 radical (unpaired) electrons. The lowest BCUT2D eigenvalue weighted by Crippen LogP contribution is -2.04. The van der Waals surface area contributed by atoms with Crippen LogP contribution < -0.4 is 5.32 Å². The maximum atomic E-state index is 11.6. The first-order valence-corrected chi connectivity index (χ1v) is 9.69. The molecular weight excluding hydrogens is 360 g/mol. The Hall–Kier alpha value is -2.74. The molecule has 2 heterocycles. The molecule has 1 aromatic carbocycles. The standard InChI is InChI=1S/C19H22N6OS/c1-4-14(26)11-13-6-8-15(9-7-13)27-19-22-16(5-2)20-18(23-19)21-17-10-12(3)24-25-17/h6-10H,4-5,11H2,1-3H3,(H2,20,21,22,23,24,25). The van der Waals surface area contributed by atoms with Gasteiger partial charge in [0.15, 0.2) is 11.0 Å². The minimum atomic E-state index is 0.241. The Kier molecular flexibility index (Phi) is 6.18. The number of benzene rings is 1. The van der Waals surface area contributed by atoms with Crippen LogP contribution in [0.25, 0.3) is 0 Å². The summed E-state index contributed by atoms with van der Waals surface area (Å²) in [4.78, 5) is 26.0. The van der Waals surface area contributed by atoms with Crippen molar-refractivity contribution in [3.05, 3.63) is 47.4 Å². The van der Waals surface area contributed by atoms with Crippen molar-refractivity contribution in [1.82, 2.24) is 25.1 Å². The smallest absolute Gasteiger partial charge is 0.232 e. The number of nitrogens with zero attached hydrogens (tertiary/aromatic N) is 4. The lowest BCUT2D eigenvalue weighted by atomic mass is 10.1. The molecule has 7 nitrogen and oxygen atoms in total. The van der Waals surface area contributed by atoms with Crippen LogP contribution in [-0.4, -0.2) is 30.9 Å². The van der Waals surface area contributed by atoms with Gasteiger partial charge in [0.1, 0.15) is 11.6 Å². The van der Waals surface area contributed by atoms with Gasteiger partial charge in [-0.1, -0.05) is 26.0 Å². The molecule has 0 unspecified atom stereocenters. The van der Waals surface area contributed by atoms with E-state index in [1.165, 1.54) is 11.8 Å². The Balaban J connectivity index is 1.75. The number of ketones is 1. The van der Waals surface area contributed by atoms with Crippen LogP contribution in [0.5, 0.6) is 0 Å². The van der Waals surface area contributed by atoms with Crippen LogP contribution in [0, 0.1) is 6.92 Å². The van der Waals surface area contributed by atoms with Crippen LogP contribution >= 0.6 is 11.8 Å². The van der Waals surface area contributed by atoms with Crippen molar-refractivity contribution in [2.45, 2.75) is 50.1 Å². The Labute approximate surface area is 162 Å². The van der Waals surface area contributed by atoms with Gasteiger partial charge in [0.05, 0.1) is 0 Å². The average molecular weight is 382 g/mol. The molecule has 0 bridgehead atoms. The molecule has 0 aliphatic heterocycles. The van der Waals surface area contributed by atoms with E-state index in [1.54, 1.807) is 0 Å². The molecule has 0 saturated carbocycles. The zero-order valence-electron chi connectivity index (χ0n) is 15.6. The predicted molar refractivity (Wildman–Crippen MR) is 105 cm³/mol. The Bertz CT molecular complexity index is 922. The lowest BCUT2D eigenvalue weighted by molar-refractivity contribution is -0.118. The van der Waals surface area contributed by atoms with Crippen molar-refractivity contribution in [2.24, 2.45) is 0 Å². The van der Waals surface area contributed by atoms with E-state index in [-0.39, 0.29) is 5.78 Å². The molecular formula is C19H22N6OS. The van der Waals surface area contributed by atoms with E-state index < -0.39 is 0 Å². The van der Waals surface area contributed by atoms with Gasteiger partial charge in [-0.2, -0.15) is 15.1 Å². The Morgan fingerprint density at radius 3 is 2.56 bits per heavy atom. The molecule has 3 aromatic rings. The van der Waals surface area contributed by atoms with Gasteiger partial charge in [-0.25, -0.2) is 4.98 Å². The Morgan fingerprint density at radius 1 is 1.15 bits per heavy atom. The van der Waals surface area contributed by atoms with Crippen molar-refractivity contribution in [3.8, 4) is 0 Å². The quantitative estimate of drug-likeness (QED) is 0.610. The number of anilines is 2. The second-order valence-corrected chi connectivity index (χ2v) is 7.13. The molecule has 2 aromatic heterocycles. The molecule has 27 heavy (non-hydrogen) atoms. The molecule has 0 atom stereocenters. The lowest BCUT2D eigenvalue weighted by Gasteiger charge is -2.07. The van der Waals surface area contributed by atoms with Gasteiger partial charge in [-0.05, 0) is 36.4 Å². The van der Waals surface area contributed by atoms with Gasteiger partial charge in [0.2, 0.25) is 5.95 Å². The topological polar surface area (TPSA) is 96.5 Å². The van der Waals surface area contributed by atoms with Crippen LogP contribution in [0.15, 0.2) is 40.4 Å². The summed E-state index contributed by atoms with van der Waals surface area (Å²) in [5.74, 6) is 2.10. The van der Waals surface area contributed by atoms with E-state index >= 15 is 0 Å². The van der Waals surface area contributed by atoms with E-state index in [2.05, 4.69) is 30.5 Å². The van der Waals surface area contributed by atoms with Gasteiger partial charge in [0, 0.05) is 35.9 Å². The fourth-order valence-corrected chi connectivity index (χ4v) is 3.15. The monoisotopic (exact) mass is 382 g/mol. The zero-order valence-corrected chi connectivity index (χ0v) is 16.4. The minimum Gasteiger partial charge on any atom is -0.307 e. The summed E-state index contributed by atoms with van der Waals surface area (Å²) in [6.07, 6.45) is 1.75. The van der Waals surface area contributed by atoms with Gasteiger partial charge < -0.3 is 5.32 Å². The number of H-pyrrole nitrogens is 1. The number of carbonyl (C=O) groups is 1. The molecule has 8 heteroatoms. The molecule has 140 valence electrons. The highest BCUT2D eigenvalue weighted by atomic mass is 32.2. The van der Waals surface area contributed by atoms with Crippen molar-refractivity contribution in [3.63, 3.8) is 0 Å². The first-order valence-electron chi connectivity index (χ1n) is 8.88. The third-order valence-electron chi connectivity index (χ3n) is 3.85. The maximum absolute atomic E-state index is 11.6. The number of aryl methyl sites for hydroxylation is 2. The van der Waals surface area contributed by atoms with Crippen molar-refractivity contribution >= 4 is 29.3 Å². The highest BCUT2D eigenvalue weighted by Gasteiger charge is 2.09. The van der Waals surface area contributed by atoms with Crippen molar-refractivity contribution < 1.29 is 4.79 Å². The SMILES string of the molecule is CCC(=O)Cc1ccc(Sc2nc(CC)nc(Nc3cc(C)[nH]n3)n2)cc1. The summed E-state index contributed by atoms with van der Waals surface area (Å²) >= 11 is 1.47. The fourth-order valence-electron chi connectivity index (χ4n) is 2.39. The summed E-state index contributed by atoms with van der Waals surface area (Å²) in [6, 6.07) is 9.82. The summed E-state index contributed by atoms with van der Waals surface area (Å²) in [6.45, 7) is 5.82. The first kappa shape index (κ1) is 19.0.